The van der Waals surface area contributed by atoms with Gasteiger partial charge in [-0.2, -0.15) is 4.98 Å². The van der Waals surface area contributed by atoms with Gasteiger partial charge in [0.1, 0.15) is 0 Å². The van der Waals surface area contributed by atoms with Crippen LogP contribution in [0.5, 0.6) is 0 Å². The largest absolute Gasteiger partial charge is 0.339 e. The van der Waals surface area contributed by atoms with Crippen LogP contribution in [0.1, 0.15) is 36.4 Å². The summed E-state index contributed by atoms with van der Waals surface area (Å²) in [5.41, 5.74) is 0. The number of rotatable bonds is 5. The molecule has 20 heavy (non-hydrogen) atoms. The third-order valence-corrected chi connectivity index (χ3v) is 4.94. The first-order valence-electron chi connectivity index (χ1n) is 7.36. The molecular formula is C15H21N3OS. The summed E-state index contributed by atoms with van der Waals surface area (Å²) < 4.78 is 5.40. The third-order valence-electron chi connectivity index (χ3n) is 4.06. The molecule has 2 atom stereocenters. The average molecular weight is 291 g/mol. The minimum absolute atomic E-state index is 0.595. The van der Waals surface area contributed by atoms with Crippen molar-refractivity contribution in [2.45, 2.75) is 32.6 Å². The molecule has 0 bridgehead atoms. The molecule has 0 aliphatic carbocycles. The smallest absolute Gasteiger partial charge is 0.226 e. The van der Waals surface area contributed by atoms with Crippen molar-refractivity contribution in [2.24, 2.45) is 11.8 Å². The zero-order valence-electron chi connectivity index (χ0n) is 11.8. The van der Waals surface area contributed by atoms with E-state index in [-0.39, 0.29) is 0 Å². The molecule has 108 valence electrons. The summed E-state index contributed by atoms with van der Waals surface area (Å²) in [6.45, 7) is 4.58. The summed E-state index contributed by atoms with van der Waals surface area (Å²) in [5.74, 6) is 2.92. The molecule has 2 aromatic rings. The lowest BCUT2D eigenvalue weighted by Crippen LogP contribution is -2.33. The second-order valence-corrected chi connectivity index (χ2v) is 6.68. The summed E-state index contributed by atoms with van der Waals surface area (Å²) in [6, 6.07) is 4.16. The second-order valence-electron chi connectivity index (χ2n) is 5.65. The first-order valence-corrected chi connectivity index (χ1v) is 8.24. The maximum absolute atomic E-state index is 5.40. The molecule has 0 spiro atoms. The van der Waals surface area contributed by atoms with Crippen LogP contribution in [0, 0.1) is 11.8 Å². The molecule has 4 nitrogen and oxygen atoms in total. The monoisotopic (exact) mass is 291 g/mol. The molecule has 3 heterocycles. The second kappa shape index (κ2) is 6.50. The standard InChI is InChI=1S/C15H21N3OS/c1-11(12-4-2-6-16-10-12)8-15-17-14(18-19-15)9-13-5-3-7-20-13/h3,5,7,11-12,16H,2,4,6,8-10H2,1H3. The Balaban J connectivity index is 1.56. The van der Waals surface area contributed by atoms with E-state index in [0.717, 1.165) is 43.6 Å². The van der Waals surface area contributed by atoms with E-state index in [2.05, 4.69) is 39.9 Å². The fraction of sp³-hybridized carbons (Fsp3) is 0.600. The molecule has 2 aromatic heterocycles. The van der Waals surface area contributed by atoms with Crippen LogP contribution in [-0.4, -0.2) is 23.2 Å². The van der Waals surface area contributed by atoms with Crippen LogP contribution in [-0.2, 0) is 12.8 Å². The van der Waals surface area contributed by atoms with E-state index in [4.69, 9.17) is 4.52 Å². The Morgan fingerprint density at radius 3 is 3.25 bits per heavy atom. The topological polar surface area (TPSA) is 51.0 Å². The highest BCUT2D eigenvalue weighted by atomic mass is 32.1. The van der Waals surface area contributed by atoms with Crippen LogP contribution < -0.4 is 5.32 Å². The molecule has 0 amide bonds. The minimum Gasteiger partial charge on any atom is -0.339 e. The highest BCUT2D eigenvalue weighted by Gasteiger charge is 2.22. The van der Waals surface area contributed by atoms with E-state index in [1.54, 1.807) is 11.3 Å². The van der Waals surface area contributed by atoms with E-state index in [1.165, 1.54) is 17.7 Å². The summed E-state index contributed by atoms with van der Waals surface area (Å²) >= 11 is 1.73. The lowest BCUT2D eigenvalue weighted by Gasteiger charge is -2.27. The third kappa shape index (κ3) is 3.46. The van der Waals surface area contributed by atoms with Crippen LogP contribution in [0.15, 0.2) is 22.0 Å². The molecule has 0 radical (unpaired) electrons. The van der Waals surface area contributed by atoms with Crippen molar-refractivity contribution in [3.05, 3.63) is 34.1 Å². The van der Waals surface area contributed by atoms with Gasteiger partial charge in [0.2, 0.25) is 5.89 Å². The Kier molecular flexibility index (Phi) is 4.47. The van der Waals surface area contributed by atoms with Crippen LogP contribution in [0.25, 0.3) is 0 Å². The van der Waals surface area contributed by atoms with Crippen molar-refractivity contribution >= 4 is 11.3 Å². The SMILES string of the molecule is CC(Cc1nc(Cc2cccs2)no1)C1CCCNC1. The quantitative estimate of drug-likeness (QED) is 0.920. The van der Waals surface area contributed by atoms with Gasteiger partial charge in [0.15, 0.2) is 5.82 Å². The Morgan fingerprint density at radius 2 is 2.50 bits per heavy atom. The Bertz CT molecular complexity index is 517. The van der Waals surface area contributed by atoms with Crippen molar-refractivity contribution in [1.29, 1.82) is 0 Å². The van der Waals surface area contributed by atoms with E-state index in [1.807, 2.05) is 0 Å². The fourth-order valence-corrected chi connectivity index (χ4v) is 3.52. The van der Waals surface area contributed by atoms with Gasteiger partial charge >= 0.3 is 0 Å². The number of aromatic nitrogens is 2. The van der Waals surface area contributed by atoms with Crippen molar-refractivity contribution in [1.82, 2.24) is 15.5 Å². The summed E-state index contributed by atoms with van der Waals surface area (Å²) in [5, 5.41) is 9.64. The first-order chi connectivity index (χ1) is 9.81. The number of hydrogen-bond donors (Lipinski definition) is 1. The number of piperidine rings is 1. The van der Waals surface area contributed by atoms with Gasteiger partial charge in [0.05, 0.1) is 0 Å². The van der Waals surface area contributed by atoms with Crippen molar-refractivity contribution in [2.75, 3.05) is 13.1 Å². The lowest BCUT2D eigenvalue weighted by molar-refractivity contribution is 0.256. The maximum Gasteiger partial charge on any atom is 0.226 e. The van der Waals surface area contributed by atoms with Gasteiger partial charge in [-0.1, -0.05) is 18.1 Å². The number of hydrogen-bond acceptors (Lipinski definition) is 5. The van der Waals surface area contributed by atoms with Gasteiger partial charge in [-0.3, -0.25) is 0 Å². The van der Waals surface area contributed by atoms with E-state index >= 15 is 0 Å². The average Bonchev–Trinajstić information content (AvgIpc) is 3.12. The summed E-state index contributed by atoms with van der Waals surface area (Å²) in [4.78, 5) is 5.81. The van der Waals surface area contributed by atoms with E-state index in [9.17, 15) is 0 Å². The highest BCUT2D eigenvalue weighted by molar-refractivity contribution is 7.09. The molecule has 5 heteroatoms. The predicted molar refractivity (Wildman–Crippen MR) is 79.9 cm³/mol. The summed E-state index contributed by atoms with van der Waals surface area (Å²) in [6.07, 6.45) is 4.26. The molecule has 1 fully saturated rings. The van der Waals surface area contributed by atoms with E-state index in [0.29, 0.717) is 5.92 Å². The first kappa shape index (κ1) is 13.8. The van der Waals surface area contributed by atoms with Crippen LogP contribution >= 0.6 is 11.3 Å². The number of thiophene rings is 1. The maximum atomic E-state index is 5.40. The predicted octanol–water partition coefficient (Wildman–Crippen LogP) is 2.90. The molecule has 1 aliphatic rings. The molecule has 3 rings (SSSR count). The highest BCUT2D eigenvalue weighted by Crippen LogP contribution is 2.23. The van der Waals surface area contributed by atoms with Crippen molar-refractivity contribution in [3.8, 4) is 0 Å². The van der Waals surface area contributed by atoms with Crippen LogP contribution in [0.4, 0.5) is 0 Å². The lowest BCUT2D eigenvalue weighted by atomic mass is 9.85. The van der Waals surface area contributed by atoms with Gasteiger partial charge < -0.3 is 9.84 Å². The van der Waals surface area contributed by atoms with Gasteiger partial charge in [-0.25, -0.2) is 0 Å². The van der Waals surface area contributed by atoms with E-state index < -0.39 is 0 Å². The van der Waals surface area contributed by atoms with Crippen LogP contribution in [0.3, 0.4) is 0 Å². The van der Waals surface area contributed by atoms with Gasteiger partial charge in [0, 0.05) is 17.7 Å². The zero-order chi connectivity index (χ0) is 13.8. The fourth-order valence-electron chi connectivity index (χ4n) is 2.82. The zero-order valence-corrected chi connectivity index (χ0v) is 12.7. The minimum atomic E-state index is 0.595. The Labute approximate surface area is 123 Å². The number of nitrogens with one attached hydrogen (secondary N) is 1. The van der Waals surface area contributed by atoms with Gasteiger partial charge in [0.25, 0.3) is 0 Å². The van der Waals surface area contributed by atoms with Gasteiger partial charge in [-0.15, -0.1) is 11.3 Å². The summed E-state index contributed by atoms with van der Waals surface area (Å²) in [7, 11) is 0. The van der Waals surface area contributed by atoms with Crippen molar-refractivity contribution in [3.63, 3.8) is 0 Å². The molecule has 0 saturated carbocycles. The van der Waals surface area contributed by atoms with Crippen LogP contribution in [0.2, 0.25) is 0 Å². The Morgan fingerprint density at radius 1 is 1.55 bits per heavy atom. The molecular weight excluding hydrogens is 270 g/mol. The van der Waals surface area contributed by atoms with Gasteiger partial charge in [-0.05, 0) is 49.2 Å². The number of nitrogens with zero attached hydrogens (tertiary/aromatic N) is 2. The molecule has 1 saturated heterocycles. The molecule has 0 aromatic carbocycles. The normalized spacial score (nSPS) is 20.9. The molecule has 1 aliphatic heterocycles. The molecule has 1 N–H and O–H groups in total. The Hall–Kier alpha value is -1.20. The van der Waals surface area contributed by atoms with Crippen molar-refractivity contribution < 1.29 is 4.52 Å². The molecule has 2 unspecified atom stereocenters.